The standard InChI is InChI=1S/2C5H9N/c1-4-2-6-3-5(1)4;1-2-5-4(1)3-6-5/h2*4-6H,1-3H2. The molecule has 0 aromatic heterocycles. The van der Waals surface area contributed by atoms with Crippen LogP contribution < -0.4 is 10.6 Å². The highest BCUT2D eigenvalue weighted by atomic mass is 15.0. The first-order chi connectivity index (χ1) is 5.93. The number of hydrogen-bond donors (Lipinski definition) is 2. The van der Waals surface area contributed by atoms with E-state index in [0.717, 1.165) is 23.8 Å². The van der Waals surface area contributed by atoms with Crippen LogP contribution in [0.5, 0.6) is 0 Å². The lowest BCUT2D eigenvalue weighted by Gasteiger charge is -2.47. The van der Waals surface area contributed by atoms with E-state index in [-0.39, 0.29) is 0 Å². The second-order valence-electron chi connectivity index (χ2n) is 4.77. The summed E-state index contributed by atoms with van der Waals surface area (Å²) in [4.78, 5) is 0. The predicted molar refractivity (Wildman–Crippen MR) is 49.0 cm³/mol. The zero-order valence-electron chi connectivity index (χ0n) is 7.55. The van der Waals surface area contributed by atoms with Gasteiger partial charge in [0.05, 0.1) is 0 Å². The first-order valence-corrected chi connectivity index (χ1v) is 5.37. The fourth-order valence-corrected chi connectivity index (χ4v) is 2.49. The van der Waals surface area contributed by atoms with Gasteiger partial charge in [-0.25, -0.2) is 0 Å². The van der Waals surface area contributed by atoms with Gasteiger partial charge in [0.1, 0.15) is 0 Å². The van der Waals surface area contributed by atoms with Crippen molar-refractivity contribution in [2.45, 2.75) is 25.3 Å². The summed E-state index contributed by atoms with van der Waals surface area (Å²) in [6, 6.07) is 0.963. The molecule has 0 amide bonds. The van der Waals surface area contributed by atoms with E-state index in [0.29, 0.717) is 0 Å². The van der Waals surface area contributed by atoms with Crippen molar-refractivity contribution in [1.29, 1.82) is 0 Å². The van der Waals surface area contributed by atoms with Crippen LogP contribution >= 0.6 is 0 Å². The van der Waals surface area contributed by atoms with Crippen LogP contribution in [0.3, 0.4) is 0 Å². The highest BCUT2D eigenvalue weighted by Gasteiger charge is 2.40. The minimum Gasteiger partial charge on any atom is -0.316 e. The Labute approximate surface area is 74.1 Å². The lowest BCUT2D eigenvalue weighted by atomic mass is 9.74. The molecular weight excluding hydrogens is 148 g/mol. The molecule has 2 heterocycles. The van der Waals surface area contributed by atoms with Gasteiger partial charge in [-0.3, -0.25) is 0 Å². The van der Waals surface area contributed by atoms with Crippen LogP contribution in [-0.4, -0.2) is 25.7 Å². The molecule has 4 aliphatic rings. The second-order valence-corrected chi connectivity index (χ2v) is 4.77. The van der Waals surface area contributed by atoms with E-state index in [2.05, 4.69) is 10.6 Å². The Balaban J connectivity index is 0.0000000817. The predicted octanol–water partition coefficient (Wildman–Crippen LogP) is 0.594. The fourth-order valence-electron chi connectivity index (χ4n) is 2.49. The summed E-state index contributed by atoms with van der Waals surface area (Å²) < 4.78 is 0. The van der Waals surface area contributed by atoms with Crippen molar-refractivity contribution >= 4 is 0 Å². The first kappa shape index (κ1) is 7.34. The Bertz CT molecular complexity index is 149. The highest BCUT2D eigenvalue weighted by Crippen LogP contribution is 2.40. The molecule has 2 heteroatoms. The van der Waals surface area contributed by atoms with E-state index in [1.165, 1.54) is 38.9 Å². The second kappa shape index (κ2) is 2.71. The molecule has 0 aromatic rings. The maximum atomic E-state index is 3.34. The molecule has 2 aliphatic carbocycles. The maximum Gasteiger partial charge on any atom is 0.0108 e. The molecule has 2 N–H and O–H groups in total. The molecule has 0 spiro atoms. The third-order valence-electron chi connectivity index (χ3n) is 3.94. The lowest BCUT2D eigenvalue weighted by molar-refractivity contribution is 0.111. The van der Waals surface area contributed by atoms with E-state index in [4.69, 9.17) is 0 Å². The average molecular weight is 166 g/mol. The number of fused-ring (bicyclic) bond motifs is 2. The summed E-state index contributed by atoms with van der Waals surface area (Å²) in [7, 11) is 0. The summed E-state index contributed by atoms with van der Waals surface area (Å²) in [6.07, 6.45) is 4.47. The monoisotopic (exact) mass is 166 g/mol. The first-order valence-electron chi connectivity index (χ1n) is 5.37. The smallest absolute Gasteiger partial charge is 0.0108 e. The van der Waals surface area contributed by atoms with Gasteiger partial charge in [0.25, 0.3) is 0 Å². The Morgan fingerprint density at radius 1 is 0.833 bits per heavy atom. The van der Waals surface area contributed by atoms with Crippen molar-refractivity contribution in [3.63, 3.8) is 0 Å². The third-order valence-corrected chi connectivity index (χ3v) is 3.94. The van der Waals surface area contributed by atoms with Gasteiger partial charge in [0.15, 0.2) is 0 Å². The molecule has 0 aromatic carbocycles. The van der Waals surface area contributed by atoms with E-state index in [1.54, 1.807) is 0 Å². The molecule has 4 fully saturated rings. The van der Waals surface area contributed by atoms with Crippen LogP contribution in [0.4, 0.5) is 0 Å². The summed E-state index contributed by atoms with van der Waals surface area (Å²) in [5, 5.41) is 6.67. The summed E-state index contributed by atoms with van der Waals surface area (Å²) >= 11 is 0. The topological polar surface area (TPSA) is 24.1 Å². The third kappa shape index (κ3) is 1.17. The molecule has 0 bridgehead atoms. The number of nitrogens with one attached hydrogen (secondary N) is 2. The van der Waals surface area contributed by atoms with Crippen molar-refractivity contribution in [3.8, 4) is 0 Å². The van der Waals surface area contributed by atoms with E-state index in [1.807, 2.05) is 0 Å². The lowest BCUT2D eigenvalue weighted by Crippen LogP contribution is -2.59. The van der Waals surface area contributed by atoms with Crippen LogP contribution in [0.15, 0.2) is 0 Å². The van der Waals surface area contributed by atoms with Crippen molar-refractivity contribution in [2.75, 3.05) is 19.6 Å². The normalized spacial score (nSPS) is 52.0. The molecule has 4 unspecified atom stereocenters. The molecule has 0 radical (unpaired) electrons. The van der Waals surface area contributed by atoms with Crippen molar-refractivity contribution in [2.24, 2.45) is 17.8 Å². The Morgan fingerprint density at radius 2 is 1.58 bits per heavy atom. The largest absolute Gasteiger partial charge is 0.316 e. The number of hydrogen-bond acceptors (Lipinski definition) is 2. The zero-order valence-corrected chi connectivity index (χ0v) is 7.55. The van der Waals surface area contributed by atoms with Crippen LogP contribution in [0.1, 0.15) is 19.3 Å². The van der Waals surface area contributed by atoms with Gasteiger partial charge < -0.3 is 10.6 Å². The van der Waals surface area contributed by atoms with E-state index < -0.39 is 0 Å². The van der Waals surface area contributed by atoms with Crippen molar-refractivity contribution < 1.29 is 0 Å². The Hall–Kier alpha value is -0.0800. The minimum atomic E-state index is 0.963. The fraction of sp³-hybridized carbons (Fsp3) is 1.00. The van der Waals surface area contributed by atoms with Gasteiger partial charge in [-0.05, 0) is 56.7 Å². The number of piperidine rings is 2. The molecular formula is C10H18N2. The average Bonchev–Trinajstić information content (AvgIpc) is 2.68. The van der Waals surface area contributed by atoms with Crippen LogP contribution in [0, 0.1) is 17.8 Å². The van der Waals surface area contributed by atoms with Gasteiger partial charge in [0, 0.05) is 6.04 Å². The zero-order chi connectivity index (χ0) is 7.97. The maximum absolute atomic E-state index is 3.34. The molecule has 2 saturated heterocycles. The molecule has 2 aliphatic heterocycles. The van der Waals surface area contributed by atoms with Gasteiger partial charge in [-0.1, -0.05) is 0 Å². The molecule has 4 rings (SSSR count). The van der Waals surface area contributed by atoms with Crippen LogP contribution in [-0.2, 0) is 0 Å². The SMILES string of the molecule is C1CC2NCC12.C1NCC2CC12. The van der Waals surface area contributed by atoms with Gasteiger partial charge in [0.2, 0.25) is 0 Å². The van der Waals surface area contributed by atoms with E-state index >= 15 is 0 Å². The van der Waals surface area contributed by atoms with Crippen molar-refractivity contribution in [1.82, 2.24) is 10.6 Å². The molecule has 2 saturated carbocycles. The Kier molecular flexibility index (Phi) is 1.66. The summed E-state index contributed by atoms with van der Waals surface area (Å²) in [5.41, 5.74) is 0. The minimum absolute atomic E-state index is 0.963. The van der Waals surface area contributed by atoms with Crippen LogP contribution in [0.25, 0.3) is 0 Å². The molecule has 12 heavy (non-hydrogen) atoms. The summed E-state index contributed by atoms with van der Waals surface area (Å²) in [6.45, 7) is 3.93. The summed E-state index contributed by atoms with van der Waals surface area (Å²) in [5.74, 6) is 3.31. The van der Waals surface area contributed by atoms with E-state index in [9.17, 15) is 0 Å². The quantitative estimate of drug-likeness (QED) is 0.550. The Morgan fingerprint density at radius 3 is 1.67 bits per heavy atom. The molecule has 4 atom stereocenters. The van der Waals surface area contributed by atoms with Gasteiger partial charge >= 0.3 is 0 Å². The van der Waals surface area contributed by atoms with Crippen LogP contribution in [0.2, 0.25) is 0 Å². The van der Waals surface area contributed by atoms with Gasteiger partial charge in [-0.2, -0.15) is 0 Å². The molecule has 68 valence electrons. The number of rotatable bonds is 0. The van der Waals surface area contributed by atoms with Crippen molar-refractivity contribution in [3.05, 3.63) is 0 Å². The highest BCUT2D eigenvalue weighted by molar-refractivity contribution is 4.96. The molecule has 2 nitrogen and oxygen atoms in total. The van der Waals surface area contributed by atoms with Gasteiger partial charge in [-0.15, -0.1) is 0 Å².